The number of methoxy groups -OCH3 is 2. The van der Waals surface area contributed by atoms with Gasteiger partial charge >= 0.3 is 0 Å². The molecular formula is C15H24N2O5S. The summed E-state index contributed by atoms with van der Waals surface area (Å²) in [6.45, 7) is 1.49. The fourth-order valence-corrected chi connectivity index (χ4v) is 3.41. The zero-order chi connectivity index (χ0) is 16.9. The van der Waals surface area contributed by atoms with E-state index in [4.69, 9.17) is 14.2 Å². The first-order valence-corrected chi connectivity index (χ1v) is 8.93. The summed E-state index contributed by atoms with van der Waals surface area (Å²) in [5.74, 6) is 1.28. The van der Waals surface area contributed by atoms with Crippen molar-refractivity contribution < 1.29 is 22.6 Å². The minimum Gasteiger partial charge on any atom is -0.493 e. The Kier molecular flexibility index (Phi) is 5.85. The van der Waals surface area contributed by atoms with E-state index in [0.29, 0.717) is 31.3 Å². The number of ether oxygens (including phenoxy) is 3. The summed E-state index contributed by atoms with van der Waals surface area (Å²) >= 11 is 0. The maximum atomic E-state index is 11.7. The van der Waals surface area contributed by atoms with Gasteiger partial charge in [-0.15, -0.1) is 0 Å². The van der Waals surface area contributed by atoms with Gasteiger partial charge in [0.25, 0.3) is 10.2 Å². The van der Waals surface area contributed by atoms with Crippen molar-refractivity contribution in [2.24, 2.45) is 0 Å². The van der Waals surface area contributed by atoms with Crippen molar-refractivity contribution in [2.45, 2.75) is 18.3 Å². The third kappa shape index (κ3) is 4.14. The summed E-state index contributed by atoms with van der Waals surface area (Å²) in [6, 6.07) is 5.72. The molecule has 2 rings (SSSR count). The molecule has 0 saturated carbocycles. The van der Waals surface area contributed by atoms with Crippen molar-refractivity contribution in [2.75, 3.05) is 41.0 Å². The van der Waals surface area contributed by atoms with Gasteiger partial charge in [0.05, 0.1) is 14.2 Å². The predicted molar refractivity (Wildman–Crippen MR) is 87.3 cm³/mol. The normalized spacial score (nSPS) is 17.7. The van der Waals surface area contributed by atoms with Crippen molar-refractivity contribution in [3.05, 3.63) is 23.8 Å². The van der Waals surface area contributed by atoms with Gasteiger partial charge in [-0.1, -0.05) is 6.07 Å². The minimum absolute atomic E-state index is 0.301. The smallest absolute Gasteiger partial charge is 0.276 e. The van der Waals surface area contributed by atoms with Gasteiger partial charge in [-0.3, -0.25) is 0 Å². The lowest BCUT2D eigenvalue weighted by Gasteiger charge is -2.38. The van der Waals surface area contributed by atoms with Gasteiger partial charge in [0.15, 0.2) is 11.5 Å². The number of nitrogens with one attached hydrogen (secondary N) is 2. The highest BCUT2D eigenvalue weighted by Crippen LogP contribution is 2.38. The molecule has 1 fully saturated rings. The average molecular weight is 344 g/mol. The Morgan fingerprint density at radius 1 is 1.17 bits per heavy atom. The monoisotopic (exact) mass is 344 g/mol. The second-order valence-electron chi connectivity index (χ2n) is 5.49. The number of hydrogen-bond donors (Lipinski definition) is 2. The van der Waals surface area contributed by atoms with Gasteiger partial charge in [-0.2, -0.15) is 8.42 Å². The van der Waals surface area contributed by atoms with Gasteiger partial charge in [0, 0.05) is 32.2 Å². The maximum absolute atomic E-state index is 11.7. The topological polar surface area (TPSA) is 85.9 Å². The molecule has 1 aliphatic rings. The lowest BCUT2D eigenvalue weighted by Crippen LogP contribution is -2.47. The van der Waals surface area contributed by atoms with Crippen molar-refractivity contribution >= 4 is 10.2 Å². The van der Waals surface area contributed by atoms with Crippen LogP contribution in [0.2, 0.25) is 0 Å². The summed E-state index contributed by atoms with van der Waals surface area (Å²) in [4.78, 5) is 0. The Morgan fingerprint density at radius 2 is 1.83 bits per heavy atom. The Labute approximate surface area is 137 Å². The molecule has 1 saturated heterocycles. The molecule has 0 bridgehead atoms. The fourth-order valence-electron chi connectivity index (χ4n) is 2.80. The van der Waals surface area contributed by atoms with Crippen LogP contribution >= 0.6 is 0 Å². The molecular weight excluding hydrogens is 320 g/mol. The lowest BCUT2D eigenvalue weighted by atomic mass is 9.74. The molecule has 0 spiro atoms. The van der Waals surface area contributed by atoms with E-state index in [1.165, 1.54) is 7.05 Å². The average Bonchev–Trinajstić information content (AvgIpc) is 2.60. The van der Waals surface area contributed by atoms with E-state index in [2.05, 4.69) is 9.44 Å². The van der Waals surface area contributed by atoms with E-state index in [1.807, 2.05) is 18.2 Å². The van der Waals surface area contributed by atoms with Gasteiger partial charge in [-0.05, 0) is 30.5 Å². The van der Waals surface area contributed by atoms with Crippen molar-refractivity contribution in [3.8, 4) is 11.5 Å². The molecule has 0 amide bonds. The van der Waals surface area contributed by atoms with Crippen molar-refractivity contribution in [3.63, 3.8) is 0 Å². The van der Waals surface area contributed by atoms with Crippen LogP contribution in [0.5, 0.6) is 11.5 Å². The van der Waals surface area contributed by atoms with Crippen molar-refractivity contribution in [1.82, 2.24) is 9.44 Å². The predicted octanol–water partition coefficient (Wildman–Crippen LogP) is 0.806. The summed E-state index contributed by atoms with van der Waals surface area (Å²) in [5, 5.41) is 0. The Morgan fingerprint density at radius 3 is 2.39 bits per heavy atom. The molecule has 1 heterocycles. The third-order valence-electron chi connectivity index (χ3n) is 4.32. The number of benzene rings is 1. The Hall–Kier alpha value is -1.35. The molecule has 7 nitrogen and oxygen atoms in total. The molecule has 1 aliphatic heterocycles. The van der Waals surface area contributed by atoms with E-state index < -0.39 is 10.2 Å². The SMILES string of the molecule is CNS(=O)(=O)NCC1(c2ccc(OC)c(OC)c2)CCOCC1. The van der Waals surface area contributed by atoms with Crippen LogP contribution < -0.4 is 18.9 Å². The molecule has 0 unspecified atom stereocenters. The second kappa shape index (κ2) is 7.48. The van der Waals surface area contributed by atoms with Crippen LogP contribution in [0.4, 0.5) is 0 Å². The molecule has 130 valence electrons. The third-order valence-corrected chi connectivity index (χ3v) is 5.38. The first kappa shape index (κ1) is 18.0. The summed E-state index contributed by atoms with van der Waals surface area (Å²) in [6.07, 6.45) is 1.46. The molecule has 2 N–H and O–H groups in total. The van der Waals surface area contributed by atoms with Crippen LogP contribution in [-0.2, 0) is 20.4 Å². The molecule has 8 heteroatoms. The van der Waals surface area contributed by atoms with Crippen LogP contribution in [0.3, 0.4) is 0 Å². The molecule has 0 aliphatic carbocycles. The van der Waals surface area contributed by atoms with Crippen molar-refractivity contribution in [1.29, 1.82) is 0 Å². The van der Waals surface area contributed by atoms with Gasteiger partial charge in [0.2, 0.25) is 0 Å². The minimum atomic E-state index is -3.49. The van der Waals surface area contributed by atoms with Gasteiger partial charge in [-0.25, -0.2) is 9.44 Å². The highest BCUT2D eigenvalue weighted by atomic mass is 32.2. The van der Waals surface area contributed by atoms with Crippen LogP contribution in [0.25, 0.3) is 0 Å². The molecule has 1 aromatic carbocycles. The van der Waals surface area contributed by atoms with E-state index in [1.54, 1.807) is 14.2 Å². The van der Waals surface area contributed by atoms with Crippen LogP contribution in [-0.4, -0.2) is 49.4 Å². The first-order valence-electron chi connectivity index (χ1n) is 7.45. The number of rotatable bonds is 7. The van der Waals surface area contributed by atoms with Gasteiger partial charge < -0.3 is 14.2 Å². The highest BCUT2D eigenvalue weighted by Gasteiger charge is 2.36. The highest BCUT2D eigenvalue weighted by molar-refractivity contribution is 7.87. The second-order valence-corrected chi connectivity index (χ2v) is 7.19. The molecule has 1 aromatic rings. The zero-order valence-electron chi connectivity index (χ0n) is 13.7. The molecule has 0 aromatic heterocycles. The Balaban J connectivity index is 2.34. The summed E-state index contributed by atoms with van der Waals surface area (Å²) in [7, 11) is 1.07. The van der Waals surface area contributed by atoms with Crippen LogP contribution in [0.15, 0.2) is 18.2 Å². The maximum Gasteiger partial charge on any atom is 0.276 e. The van der Waals surface area contributed by atoms with Crippen LogP contribution in [0.1, 0.15) is 18.4 Å². The first-order chi connectivity index (χ1) is 11.0. The fraction of sp³-hybridized carbons (Fsp3) is 0.600. The standard InChI is InChI=1S/C15H24N2O5S/c1-16-23(18,19)17-11-15(6-8-22-9-7-15)12-4-5-13(20-2)14(10-12)21-3/h4-5,10,16-17H,6-9,11H2,1-3H3. The molecule has 0 atom stereocenters. The van der Waals surface area contributed by atoms with E-state index in [-0.39, 0.29) is 5.41 Å². The molecule has 0 radical (unpaired) electrons. The van der Waals surface area contributed by atoms with E-state index in [0.717, 1.165) is 18.4 Å². The quantitative estimate of drug-likeness (QED) is 0.764. The summed E-state index contributed by atoms with van der Waals surface area (Å²) < 4.78 is 44.5. The molecule has 23 heavy (non-hydrogen) atoms. The number of hydrogen-bond acceptors (Lipinski definition) is 5. The Bertz CT molecular complexity index is 627. The lowest BCUT2D eigenvalue weighted by molar-refractivity contribution is 0.0516. The van der Waals surface area contributed by atoms with E-state index in [9.17, 15) is 8.42 Å². The largest absolute Gasteiger partial charge is 0.493 e. The van der Waals surface area contributed by atoms with E-state index >= 15 is 0 Å². The summed E-state index contributed by atoms with van der Waals surface area (Å²) in [5.41, 5.74) is 0.680. The van der Waals surface area contributed by atoms with Crippen LogP contribution in [0, 0.1) is 0 Å². The zero-order valence-corrected chi connectivity index (χ0v) is 14.5. The van der Waals surface area contributed by atoms with Gasteiger partial charge in [0.1, 0.15) is 0 Å².